The summed E-state index contributed by atoms with van der Waals surface area (Å²) in [5.74, 6) is 1.40. The van der Waals surface area contributed by atoms with Gasteiger partial charge in [0.15, 0.2) is 11.5 Å². The van der Waals surface area contributed by atoms with E-state index in [1.807, 2.05) is 7.05 Å². The van der Waals surface area contributed by atoms with Crippen LogP contribution in [0.2, 0.25) is 0 Å². The summed E-state index contributed by atoms with van der Waals surface area (Å²) in [7, 11) is 1.81. The van der Waals surface area contributed by atoms with Crippen molar-refractivity contribution in [2.45, 2.75) is 6.04 Å². The summed E-state index contributed by atoms with van der Waals surface area (Å²) >= 11 is 0. The van der Waals surface area contributed by atoms with Crippen molar-refractivity contribution in [2.24, 2.45) is 7.05 Å². The molecule has 0 spiro atoms. The van der Waals surface area contributed by atoms with E-state index < -0.39 is 12.1 Å². The van der Waals surface area contributed by atoms with Crippen LogP contribution >= 0.6 is 0 Å². The lowest BCUT2D eigenvalue weighted by atomic mass is 10.1. The number of carbonyl (C=O) groups is 1. The van der Waals surface area contributed by atoms with Crippen LogP contribution in [0.4, 0.5) is 14.9 Å². The molecule has 7 nitrogen and oxygen atoms in total. The first-order valence-corrected chi connectivity index (χ1v) is 8.30. The molecule has 0 aliphatic carbocycles. The SMILES string of the molecule is Cn1ccnc1[C@H](NC(=O)Nc1ccc2c(c1)OCO2)c1cccc(F)c1. The maximum Gasteiger partial charge on any atom is 0.320 e. The van der Waals surface area contributed by atoms with Crippen LogP contribution in [0.5, 0.6) is 11.5 Å². The second-order valence-electron chi connectivity index (χ2n) is 6.05. The van der Waals surface area contributed by atoms with Crippen molar-refractivity contribution in [2.75, 3.05) is 12.1 Å². The number of hydrogen-bond acceptors (Lipinski definition) is 4. The van der Waals surface area contributed by atoms with Gasteiger partial charge in [-0.05, 0) is 29.8 Å². The van der Waals surface area contributed by atoms with Crippen LogP contribution in [-0.2, 0) is 7.05 Å². The summed E-state index contributed by atoms with van der Waals surface area (Å²) < 4.78 is 26.0. The third-order valence-electron chi connectivity index (χ3n) is 4.20. The number of ether oxygens (including phenoxy) is 2. The number of rotatable bonds is 4. The summed E-state index contributed by atoms with van der Waals surface area (Å²) in [4.78, 5) is 16.9. The number of nitrogens with one attached hydrogen (secondary N) is 2. The highest BCUT2D eigenvalue weighted by molar-refractivity contribution is 5.90. The Hall–Kier alpha value is -3.55. The van der Waals surface area contributed by atoms with Crippen LogP contribution in [-0.4, -0.2) is 22.4 Å². The maximum absolute atomic E-state index is 13.7. The van der Waals surface area contributed by atoms with Crippen LogP contribution in [0, 0.1) is 5.82 Å². The molecule has 0 unspecified atom stereocenters. The summed E-state index contributed by atoms with van der Waals surface area (Å²) in [6.07, 6.45) is 3.39. The molecule has 0 radical (unpaired) electrons. The van der Waals surface area contributed by atoms with Crippen molar-refractivity contribution in [3.05, 3.63) is 72.1 Å². The molecular weight excluding hydrogens is 351 g/mol. The summed E-state index contributed by atoms with van der Waals surface area (Å²) in [5.41, 5.74) is 1.14. The minimum Gasteiger partial charge on any atom is -0.454 e. The van der Waals surface area contributed by atoms with Gasteiger partial charge in [-0.1, -0.05) is 12.1 Å². The van der Waals surface area contributed by atoms with Gasteiger partial charge in [0.1, 0.15) is 17.7 Å². The lowest BCUT2D eigenvalue weighted by Gasteiger charge is -2.19. The number of anilines is 1. The molecule has 2 N–H and O–H groups in total. The first-order chi connectivity index (χ1) is 13.1. The first kappa shape index (κ1) is 16.9. The molecule has 1 aliphatic heterocycles. The number of benzene rings is 2. The predicted octanol–water partition coefficient (Wildman–Crippen LogP) is 3.20. The molecule has 1 atom stereocenters. The molecule has 0 fully saturated rings. The van der Waals surface area contributed by atoms with Gasteiger partial charge in [0.05, 0.1) is 0 Å². The topological polar surface area (TPSA) is 77.4 Å². The van der Waals surface area contributed by atoms with Crippen molar-refractivity contribution in [3.8, 4) is 11.5 Å². The van der Waals surface area contributed by atoms with Crippen LogP contribution < -0.4 is 20.1 Å². The van der Waals surface area contributed by atoms with Gasteiger partial charge < -0.3 is 24.7 Å². The number of aromatic nitrogens is 2. The zero-order chi connectivity index (χ0) is 18.8. The highest BCUT2D eigenvalue weighted by Gasteiger charge is 2.22. The predicted molar refractivity (Wildman–Crippen MR) is 96.2 cm³/mol. The highest BCUT2D eigenvalue weighted by Crippen LogP contribution is 2.34. The average Bonchev–Trinajstić information content (AvgIpc) is 3.28. The monoisotopic (exact) mass is 368 g/mol. The van der Waals surface area contributed by atoms with Crippen LogP contribution in [0.3, 0.4) is 0 Å². The van der Waals surface area contributed by atoms with Crippen molar-refractivity contribution < 1.29 is 18.7 Å². The molecule has 2 aromatic carbocycles. The van der Waals surface area contributed by atoms with Gasteiger partial charge in [-0.2, -0.15) is 0 Å². The van der Waals surface area contributed by atoms with Gasteiger partial charge in [0.25, 0.3) is 0 Å². The van der Waals surface area contributed by atoms with Crippen LogP contribution in [0.25, 0.3) is 0 Å². The number of urea groups is 1. The van der Waals surface area contributed by atoms with Gasteiger partial charge in [0, 0.05) is 31.2 Å². The fraction of sp³-hybridized carbons (Fsp3) is 0.158. The van der Waals surface area contributed by atoms with E-state index in [4.69, 9.17) is 9.47 Å². The smallest absolute Gasteiger partial charge is 0.320 e. The molecule has 27 heavy (non-hydrogen) atoms. The third-order valence-corrected chi connectivity index (χ3v) is 4.20. The second-order valence-corrected chi connectivity index (χ2v) is 6.05. The number of hydrogen-bond donors (Lipinski definition) is 2. The Morgan fingerprint density at radius 3 is 2.85 bits per heavy atom. The van der Waals surface area contributed by atoms with E-state index in [2.05, 4.69) is 15.6 Å². The zero-order valence-electron chi connectivity index (χ0n) is 14.5. The lowest BCUT2D eigenvalue weighted by Crippen LogP contribution is -2.34. The highest BCUT2D eigenvalue weighted by atomic mass is 19.1. The van der Waals surface area contributed by atoms with Crippen molar-refractivity contribution in [3.63, 3.8) is 0 Å². The van der Waals surface area contributed by atoms with Gasteiger partial charge in [-0.15, -0.1) is 0 Å². The quantitative estimate of drug-likeness (QED) is 0.741. The molecule has 0 saturated carbocycles. The molecular formula is C19H17FN4O3. The number of carbonyl (C=O) groups excluding carboxylic acids is 1. The third kappa shape index (κ3) is 3.55. The van der Waals surface area contributed by atoms with Crippen molar-refractivity contribution in [1.82, 2.24) is 14.9 Å². The Kier molecular flexibility index (Phi) is 4.37. The Morgan fingerprint density at radius 2 is 2.07 bits per heavy atom. The fourth-order valence-corrected chi connectivity index (χ4v) is 2.91. The number of nitrogens with zero attached hydrogens (tertiary/aromatic N) is 2. The molecule has 3 aromatic rings. The molecule has 1 aliphatic rings. The maximum atomic E-state index is 13.7. The Bertz CT molecular complexity index is 989. The van der Waals surface area contributed by atoms with E-state index in [9.17, 15) is 9.18 Å². The largest absolute Gasteiger partial charge is 0.454 e. The number of aryl methyl sites for hydroxylation is 1. The molecule has 0 saturated heterocycles. The van der Waals surface area contributed by atoms with Gasteiger partial charge >= 0.3 is 6.03 Å². The summed E-state index contributed by atoms with van der Waals surface area (Å²) in [6, 6.07) is 10.1. The average molecular weight is 368 g/mol. The Balaban J connectivity index is 1.56. The van der Waals surface area contributed by atoms with E-state index in [1.165, 1.54) is 12.1 Å². The van der Waals surface area contributed by atoms with E-state index in [0.717, 1.165) is 0 Å². The van der Waals surface area contributed by atoms with Crippen LogP contribution in [0.15, 0.2) is 54.9 Å². The van der Waals surface area contributed by atoms with Gasteiger partial charge in [-0.25, -0.2) is 14.2 Å². The normalized spacial score (nSPS) is 13.3. The molecule has 2 heterocycles. The molecule has 0 bridgehead atoms. The van der Waals surface area contributed by atoms with Crippen molar-refractivity contribution >= 4 is 11.7 Å². The molecule has 8 heteroatoms. The summed E-state index contributed by atoms with van der Waals surface area (Å²) in [5, 5.41) is 5.60. The Labute approximate surface area is 154 Å². The van der Waals surface area contributed by atoms with Crippen molar-refractivity contribution in [1.29, 1.82) is 0 Å². The first-order valence-electron chi connectivity index (χ1n) is 8.30. The van der Waals surface area contributed by atoms with Crippen LogP contribution in [0.1, 0.15) is 17.4 Å². The fourth-order valence-electron chi connectivity index (χ4n) is 2.91. The standard InChI is InChI=1S/C19H17FN4O3/c1-24-8-7-21-18(24)17(12-3-2-4-13(20)9-12)23-19(25)22-14-5-6-15-16(10-14)27-11-26-15/h2-10,17H,11H2,1H3,(H2,22,23,25)/t17-/m1/s1. The number of amides is 2. The minimum atomic E-state index is -0.616. The van der Waals surface area contributed by atoms with E-state index in [0.29, 0.717) is 28.6 Å². The number of halogens is 1. The van der Waals surface area contributed by atoms with E-state index in [1.54, 1.807) is 47.3 Å². The summed E-state index contributed by atoms with van der Waals surface area (Å²) in [6.45, 7) is 0.159. The van der Waals surface area contributed by atoms with Gasteiger partial charge in [0.2, 0.25) is 6.79 Å². The molecule has 138 valence electrons. The molecule has 1 aromatic heterocycles. The van der Waals surface area contributed by atoms with E-state index in [-0.39, 0.29) is 12.6 Å². The number of fused-ring (bicyclic) bond motifs is 1. The second kappa shape index (κ2) is 6.99. The van der Waals surface area contributed by atoms with Gasteiger partial charge in [-0.3, -0.25) is 0 Å². The minimum absolute atomic E-state index is 0.159. The van der Waals surface area contributed by atoms with E-state index >= 15 is 0 Å². The molecule has 2 amide bonds. The Morgan fingerprint density at radius 1 is 1.22 bits per heavy atom. The number of imidazole rings is 1. The lowest BCUT2D eigenvalue weighted by molar-refractivity contribution is 0.174. The zero-order valence-corrected chi connectivity index (χ0v) is 14.5. The molecule has 4 rings (SSSR count).